The summed E-state index contributed by atoms with van der Waals surface area (Å²) in [6.07, 6.45) is 0.277. The quantitative estimate of drug-likeness (QED) is 0.0968. The Hall–Kier alpha value is -5.62. The molecule has 0 spiro atoms. The minimum atomic E-state index is -1.03. The summed E-state index contributed by atoms with van der Waals surface area (Å²) in [7, 11) is 0. The SMILES string of the molecule is O=c1[nH]c2c(F)cc(C(O)CN3C[C@H]4C[C@H](Oc5ccccc5)C[C@@]4(O)C3)cc2cc1F.O=c1[nH]c2c(F)cc(C(O)CN3C[C@H]4C[C@H](Oc5ccccc5)C[C@@]4(O)C3)cc2cc1F. The van der Waals surface area contributed by atoms with Gasteiger partial charge in [0.2, 0.25) is 0 Å². The van der Waals surface area contributed by atoms with Gasteiger partial charge in [0.1, 0.15) is 35.3 Å². The number of aromatic amines is 2. The van der Waals surface area contributed by atoms with Crippen molar-refractivity contribution in [3.05, 3.63) is 152 Å². The largest absolute Gasteiger partial charge is 0.490 e. The second-order valence-electron chi connectivity index (χ2n) is 17.8. The van der Waals surface area contributed by atoms with E-state index in [0.717, 1.165) is 48.6 Å². The average molecular weight is 885 g/mol. The highest BCUT2D eigenvalue weighted by atomic mass is 19.1. The predicted molar refractivity (Wildman–Crippen MR) is 229 cm³/mol. The summed E-state index contributed by atoms with van der Waals surface area (Å²) >= 11 is 0. The lowest BCUT2D eigenvalue weighted by Crippen LogP contribution is -2.36. The number of hydrogen-bond acceptors (Lipinski definition) is 10. The maximum atomic E-state index is 14.4. The molecule has 2 aliphatic carbocycles. The molecule has 10 rings (SSSR count). The van der Waals surface area contributed by atoms with Crippen molar-refractivity contribution in [2.45, 2.75) is 61.3 Å². The predicted octanol–water partition coefficient (Wildman–Crippen LogP) is 5.49. The maximum Gasteiger partial charge on any atom is 0.284 e. The van der Waals surface area contributed by atoms with Gasteiger partial charge >= 0.3 is 0 Å². The molecule has 2 aromatic heterocycles. The molecule has 12 nitrogen and oxygen atoms in total. The van der Waals surface area contributed by atoms with Crippen molar-refractivity contribution >= 4 is 21.8 Å². The van der Waals surface area contributed by atoms with Crippen molar-refractivity contribution in [3.63, 3.8) is 0 Å². The first kappa shape index (κ1) is 43.6. The molecule has 2 saturated heterocycles. The Morgan fingerprint density at radius 3 is 1.36 bits per heavy atom. The number of para-hydroxylation sites is 2. The van der Waals surface area contributed by atoms with Gasteiger partial charge in [-0.2, -0.15) is 0 Å². The molecular formula is C48H48F4N4O8. The lowest BCUT2D eigenvalue weighted by atomic mass is 9.95. The van der Waals surface area contributed by atoms with E-state index in [0.29, 0.717) is 39.0 Å². The number of rotatable bonds is 10. The van der Waals surface area contributed by atoms with Gasteiger partial charge in [0.15, 0.2) is 11.6 Å². The molecule has 2 aliphatic heterocycles. The molecule has 8 atom stereocenters. The summed E-state index contributed by atoms with van der Waals surface area (Å²) in [5, 5.41) is 44.0. The van der Waals surface area contributed by atoms with Gasteiger partial charge < -0.3 is 39.9 Å². The maximum absolute atomic E-state index is 14.4. The fourth-order valence-electron chi connectivity index (χ4n) is 10.2. The molecule has 6 aromatic rings. The minimum Gasteiger partial charge on any atom is -0.490 e. The van der Waals surface area contributed by atoms with Crippen molar-refractivity contribution in [3.8, 4) is 11.5 Å². The van der Waals surface area contributed by atoms with E-state index in [9.17, 15) is 47.6 Å². The molecule has 64 heavy (non-hydrogen) atoms. The van der Waals surface area contributed by atoms with Crippen LogP contribution >= 0.6 is 0 Å². The summed E-state index contributed by atoms with van der Waals surface area (Å²) < 4.78 is 68.1. The number of aliphatic hydroxyl groups is 4. The van der Waals surface area contributed by atoms with E-state index < -0.39 is 57.8 Å². The molecule has 0 amide bonds. The number of halogens is 4. The zero-order valence-electron chi connectivity index (χ0n) is 34.6. The van der Waals surface area contributed by atoms with Crippen LogP contribution in [-0.4, -0.2) is 103 Å². The third kappa shape index (κ3) is 9.03. The number of likely N-dealkylation sites (tertiary alicyclic amines) is 2. The Bertz CT molecular complexity index is 2590. The van der Waals surface area contributed by atoms with Crippen molar-refractivity contribution < 1.29 is 47.5 Å². The number of benzene rings is 4. The molecule has 4 aromatic carbocycles. The fraction of sp³-hybridized carbons (Fsp3) is 0.375. The number of nitrogens with zero attached hydrogens (tertiary/aromatic N) is 2. The van der Waals surface area contributed by atoms with E-state index >= 15 is 0 Å². The number of β-amino-alcohol motifs (C(OH)–C–C–N with tert-alkyl or cyclic N) is 4. The zero-order chi connectivity index (χ0) is 44.9. The van der Waals surface area contributed by atoms with Gasteiger partial charge in [0, 0.05) is 74.7 Å². The van der Waals surface area contributed by atoms with Crippen molar-refractivity contribution in [1.29, 1.82) is 0 Å². The monoisotopic (exact) mass is 884 g/mol. The number of aliphatic hydroxyl groups excluding tert-OH is 2. The molecule has 16 heteroatoms. The third-order valence-electron chi connectivity index (χ3n) is 13.2. The second kappa shape index (κ2) is 17.4. The van der Waals surface area contributed by atoms with Crippen molar-refractivity contribution in [1.82, 2.24) is 19.8 Å². The van der Waals surface area contributed by atoms with Gasteiger partial charge in [-0.25, -0.2) is 17.6 Å². The highest BCUT2D eigenvalue weighted by Crippen LogP contribution is 2.45. The van der Waals surface area contributed by atoms with Crippen LogP contribution in [-0.2, 0) is 0 Å². The number of fused-ring (bicyclic) bond motifs is 4. The molecule has 336 valence electrons. The summed E-state index contributed by atoms with van der Waals surface area (Å²) in [4.78, 5) is 31.1. The van der Waals surface area contributed by atoms with Gasteiger partial charge in [0.05, 0.1) is 34.4 Å². The average Bonchev–Trinajstić information content (AvgIpc) is 3.92. The van der Waals surface area contributed by atoms with E-state index in [1.165, 1.54) is 12.1 Å². The standard InChI is InChI=1S/2C24H24F2N2O4/c2*25-19-7-14(6-15-8-20(26)23(30)27-22(15)19)21(29)12-28-11-16-9-18(10-24(16,31)13-28)32-17-4-2-1-3-5-17/h2*1-8,16,18,21,29,31H,9-13H2,(H,27,30)/t2*16-,18+,21?,24-/m11/s1. The van der Waals surface area contributed by atoms with E-state index in [1.54, 1.807) is 0 Å². The highest BCUT2D eigenvalue weighted by Gasteiger charge is 2.54. The van der Waals surface area contributed by atoms with Crippen molar-refractivity contribution in [2.75, 3.05) is 39.3 Å². The first-order valence-corrected chi connectivity index (χ1v) is 21.3. The zero-order valence-corrected chi connectivity index (χ0v) is 34.6. The first-order chi connectivity index (χ1) is 30.6. The van der Waals surface area contributed by atoms with Crippen LogP contribution < -0.4 is 20.6 Å². The van der Waals surface area contributed by atoms with Crippen LogP contribution in [0, 0.1) is 35.1 Å². The summed E-state index contributed by atoms with van der Waals surface area (Å²) in [6, 6.07) is 26.2. The molecule has 4 aliphatic rings. The van der Waals surface area contributed by atoms with E-state index in [-0.39, 0.29) is 70.1 Å². The molecule has 2 unspecified atom stereocenters. The van der Waals surface area contributed by atoms with Crippen LogP contribution in [0.3, 0.4) is 0 Å². The molecule has 0 bridgehead atoms. The van der Waals surface area contributed by atoms with Crippen LogP contribution in [0.4, 0.5) is 17.6 Å². The summed E-state index contributed by atoms with van der Waals surface area (Å²) in [5.41, 5.74) is -3.38. The Kier molecular flexibility index (Phi) is 11.9. The Balaban J connectivity index is 0.000000162. The van der Waals surface area contributed by atoms with E-state index in [2.05, 4.69) is 9.97 Å². The van der Waals surface area contributed by atoms with E-state index in [4.69, 9.17) is 9.47 Å². The lowest BCUT2D eigenvalue weighted by Gasteiger charge is -2.25. The van der Waals surface area contributed by atoms with Crippen LogP contribution in [0.2, 0.25) is 0 Å². The number of pyridine rings is 2. The Labute approximate surface area is 364 Å². The highest BCUT2D eigenvalue weighted by molar-refractivity contribution is 5.80. The Morgan fingerprint density at radius 2 is 0.984 bits per heavy atom. The number of ether oxygens (including phenoxy) is 2. The number of hydrogen-bond donors (Lipinski definition) is 6. The molecule has 0 radical (unpaired) electrons. The number of H-pyrrole nitrogens is 2. The lowest BCUT2D eigenvalue weighted by molar-refractivity contribution is 0.0172. The third-order valence-corrected chi connectivity index (χ3v) is 13.2. The van der Waals surface area contributed by atoms with E-state index in [1.807, 2.05) is 70.5 Å². The smallest absolute Gasteiger partial charge is 0.284 e. The number of aromatic nitrogens is 2. The van der Waals surface area contributed by atoms with Gasteiger partial charge in [0.25, 0.3) is 11.1 Å². The topological polar surface area (TPSA) is 172 Å². The summed E-state index contributed by atoms with van der Waals surface area (Å²) in [6.45, 7) is 2.39. The molecule has 4 fully saturated rings. The van der Waals surface area contributed by atoms with Crippen LogP contribution in [0.1, 0.15) is 49.0 Å². The minimum absolute atomic E-state index is 0.0240. The van der Waals surface area contributed by atoms with Gasteiger partial charge in [-0.15, -0.1) is 0 Å². The van der Waals surface area contributed by atoms with Gasteiger partial charge in [-0.3, -0.25) is 19.4 Å². The molecule has 4 heterocycles. The van der Waals surface area contributed by atoms with Gasteiger partial charge in [-0.1, -0.05) is 36.4 Å². The molecule has 2 saturated carbocycles. The normalized spacial score (nSPS) is 26.4. The van der Waals surface area contributed by atoms with Crippen LogP contribution in [0.15, 0.2) is 107 Å². The molecular weight excluding hydrogens is 837 g/mol. The van der Waals surface area contributed by atoms with Crippen LogP contribution in [0.5, 0.6) is 11.5 Å². The van der Waals surface area contributed by atoms with Crippen molar-refractivity contribution in [2.24, 2.45) is 11.8 Å². The summed E-state index contributed by atoms with van der Waals surface area (Å²) in [5.74, 6) is -1.87. The Morgan fingerprint density at radius 1 is 0.594 bits per heavy atom. The van der Waals surface area contributed by atoms with Crippen LogP contribution in [0.25, 0.3) is 21.8 Å². The second-order valence-corrected chi connectivity index (χ2v) is 17.8. The molecule has 6 N–H and O–H groups in total. The first-order valence-electron chi connectivity index (χ1n) is 21.3. The fourth-order valence-corrected chi connectivity index (χ4v) is 10.2. The van der Waals surface area contributed by atoms with Gasteiger partial charge in [-0.05, 0) is 84.6 Å². The number of nitrogens with one attached hydrogen (secondary N) is 2.